The van der Waals surface area contributed by atoms with Gasteiger partial charge in [-0.15, -0.1) is 5.10 Å². The molecule has 0 amide bonds. The van der Waals surface area contributed by atoms with Gasteiger partial charge in [0.1, 0.15) is 11.6 Å². The van der Waals surface area contributed by atoms with Crippen LogP contribution in [0.25, 0.3) is 0 Å². The minimum Gasteiger partial charge on any atom is -0.308 e. The van der Waals surface area contributed by atoms with Crippen molar-refractivity contribution in [3.8, 4) is 0 Å². The van der Waals surface area contributed by atoms with Crippen molar-refractivity contribution < 1.29 is 8.78 Å². The van der Waals surface area contributed by atoms with Crippen LogP contribution in [0.1, 0.15) is 30.6 Å². The molecular formula is C13H15BrF2N4. The molecule has 7 heteroatoms. The van der Waals surface area contributed by atoms with Crippen LogP contribution in [0.4, 0.5) is 8.78 Å². The van der Waals surface area contributed by atoms with Crippen molar-refractivity contribution in [2.75, 3.05) is 7.05 Å². The Bertz CT molecular complexity index is 577. The molecule has 1 unspecified atom stereocenters. The van der Waals surface area contributed by atoms with E-state index in [1.807, 2.05) is 6.92 Å². The van der Waals surface area contributed by atoms with Gasteiger partial charge in [0.05, 0.1) is 17.9 Å². The van der Waals surface area contributed by atoms with E-state index in [2.05, 4.69) is 31.6 Å². The molecule has 4 nitrogen and oxygen atoms in total. The van der Waals surface area contributed by atoms with Crippen LogP contribution in [0.15, 0.2) is 22.8 Å². The van der Waals surface area contributed by atoms with E-state index in [1.54, 1.807) is 11.7 Å². The summed E-state index contributed by atoms with van der Waals surface area (Å²) in [5, 5.41) is 10.7. The maximum absolute atomic E-state index is 14.1. The summed E-state index contributed by atoms with van der Waals surface area (Å²) in [5.41, 5.74) is 0.602. The van der Waals surface area contributed by atoms with E-state index in [-0.39, 0.29) is 5.56 Å². The Hall–Kier alpha value is -1.34. The zero-order chi connectivity index (χ0) is 14.7. The number of halogens is 3. The van der Waals surface area contributed by atoms with Crippen molar-refractivity contribution >= 4 is 15.9 Å². The first-order valence-corrected chi connectivity index (χ1v) is 7.07. The SMILES string of the molecule is CCCn1nncc1C(NC)c1c(F)cc(Br)cc1F. The van der Waals surface area contributed by atoms with E-state index < -0.39 is 17.7 Å². The molecule has 1 atom stereocenters. The fourth-order valence-electron chi connectivity index (χ4n) is 2.14. The first-order chi connectivity index (χ1) is 9.58. The molecule has 2 aromatic rings. The quantitative estimate of drug-likeness (QED) is 0.906. The fraction of sp³-hybridized carbons (Fsp3) is 0.385. The van der Waals surface area contributed by atoms with Gasteiger partial charge in [0.15, 0.2) is 0 Å². The molecule has 0 spiro atoms. The average Bonchev–Trinajstić information content (AvgIpc) is 2.82. The van der Waals surface area contributed by atoms with Gasteiger partial charge >= 0.3 is 0 Å². The van der Waals surface area contributed by atoms with Gasteiger partial charge in [0.25, 0.3) is 0 Å². The molecule has 0 aliphatic carbocycles. The second kappa shape index (κ2) is 6.41. The minimum absolute atomic E-state index is 0.0321. The molecule has 1 N–H and O–H groups in total. The second-order valence-corrected chi connectivity index (χ2v) is 5.30. The lowest BCUT2D eigenvalue weighted by Gasteiger charge is -2.19. The molecule has 0 bridgehead atoms. The second-order valence-electron chi connectivity index (χ2n) is 4.39. The molecule has 0 fully saturated rings. The predicted molar refractivity (Wildman–Crippen MR) is 75.3 cm³/mol. The molecule has 0 saturated carbocycles. The maximum atomic E-state index is 14.1. The smallest absolute Gasteiger partial charge is 0.132 e. The zero-order valence-corrected chi connectivity index (χ0v) is 12.8. The van der Waals surface area contributed by atoms with Gasteiger partial charge in [-0.1, -0.05) is 28.1 Å². The summed E-state index contributed by atoms with van der Waals surface area (Å²) in [6.45, 7) is 2.65. The fourth-order valence-corrected chi connectivity index (χ4v) is 2.55. The molecule has 0 aliphatic rings. The first kappa shape index (κ1) is 15.1. The number of hydrogen-bond donors (Lipinski definition) is 1. The van der Waals surface area contributed by atoms with E-state index in [1.165, 1.54) is 18.3 Å². The lowest BCUT2D eigenvalue weighted by Crippen LogP contribution is -2.24. The third-order valence-electron chi connectivity index (χ3n) is 3.00. The number of benzene rings is 1. The summed E-state index contributed by atoms with van der Waals surface area (Å²) in [5.74, 6) is -1.22. The number of rotatable bonds is 5. The summed E-state index contributed by atoms with van der Waals surface area (Å²) in [4.78, 5) is 0. The third kappa shape index (κ3) is 2.88. The van der Waals surface area contributed by atoms with Crippen LogP contribution in [-0.2, 0) is 6.54 Å². The topological polar surface area (TPSA) is 42.7 Å². The summed E-state index contributed by atoms with van der Waals surface area (Å²) in [6.07, 6.45) is 2.38. The van der Waals surface area contributed by atoms with Gasteiger partial charge in [-0.3, -0.25) is 0 Å². The van der Waals surface area contributed by atoms with Crippen LogP contribution < -0.4 is 5.32 Å². The monoisotopic (exact) mass is 344 g/mol. The predicted octanol–water partition coefficient (Wildman–Crippen LogP) is 3.04. The molecule has 1 aromatic heterocycles. The Morgan fingerprint density at radius 1 is 1.35 bits per heavy atom. The lowest BCUT2D eigenvalue weighted by molar-refractivity contribution is 0.484. The molecule has 0 saturated heterocycles. The molecule has 20 heavy (non-hydrogen) atoms. The van der Waals surface area contributed by atoms with E-state index in [9.17, 15) is 8.78 Å². The van der Waals surface area contributed by atoms with Crippen LogP contribution in [0.2, 0.25) is 0 Å². The van der Waals surface area contributed by atoms with Gasteiger partial charge in [-0.25, -0.2) is 13.5 Å². The molecule has 1 aromatic carbocycles. The summed E-state index contributed by atoms with van der Waals surface area (Å²) in [7, 11) is 1.65. The number of aryl methyl sites for hydroxylation is 1. The number of nitrogens with zero attached hydrogens (tertiary/aromatic N) is 3. The van der Waals surface area contributed by atoms with E-state index >= 15 is 0 Å². The van der Waals surface area contributed by atoms with Gasteiger partial charge in [-0.2, -0.15) is 0 Å². The van der Waals surface area contributed by atoms with Crippen molar-refractivity contribution in [2.24, 2.45) is 0 Å². The molecule has 0 aliphatic heterocycles. The highest BCUT2D eigenvalue weighted by molar-refractivity contribution is 9.10. The first-order valence-electron chi connectivity index (χ1n) is 6.28. The summed E-state index contributed by atoms with van der Waals surface area (Å²) in [6, 6.07) is 1.86. The highest BCUT2D eigenvalue weighted by Gasteiger charge is 2.24. The van der Waals surface area contributed by atoms with Crippen LogP contribution in [0.5, 0.6) is 0 Å². The minimum atomic E-state index is -0.635. The number of nitrogens with one attached hydrogen (secondary N) is 1. The zero-order valence-electron chi connectivity index (χ0n) is 11.2. The number of aromatic nitrogens is 3. The maximum Gasteiger partial charge on any atom is 0.132 e. The lowest BCUT2D eigenvalue weighted by atomic mass is 10.0. The van der Waals surface area contributed by atoms with Crippen LogP contribution in [0.3, 0.4) is 0 Å². The molecule has 0 radical (unpaired) electrons. The third-order valence-corrected chi connectivity index (χ3v) is 3.46. The van der Waals surface area contributed by atoms with Crippen molar-refractivity contribution in [1.29, 1.82) is 0 Å². The van der Waals surface area contributed by atoms with Crippen molar-refractivity contribution in [1.82, 2.24) is 20.3 Å². The van der Waals surface area contributed by atoms with Gasteiger partial charge < -0.3 is 5.32 Å². The van der Waals surface area contributed by atoms with E-state index in [0.717, 1.165) is 6.42 Å². The van der Waals surface area contributed by atoms with Gasteiger partial charge in [-0.05, 0) is 25.6 Å². The molecule has 108 valence electrons. The average molecular weight is 345 g/mol. The van der Waals surface area contributed by atoms with E-state index in [0.29, 0.717) is 16.7 Å². The van der Waals surface area contributed by atoms with Crippen LogP contribution >= 0.6 is 15.9 Å². The highest BCUT2D eigenvalue weighted by Crippen LogP contribution is 2.28. The summed E-state index contributed by atoms with van der Waals surface area (Å²) < 4.78 is 30.2. The largest absolute Gasteiger partial charge is 0.308 e. The Balaban J connectivity index is 2.50. The number of hydrogen-bond acceptors (Lipinski definition) is 3. The Kier molecular flexibility index (Phi) is 4.82. The van der Waals surface area contributed by atoms with Gasteiger partial charge in [0, 0.05) is 16.6 Å². The van der Waals surface area contributed by atoms with Crippen LogP contribution in [-0.4, -0.2) is 22.0 Å². The molecule has 1 heterocycles. The van der Waals surface area contributed by atoms with Crippen molar-refractivity contribution in [3.63, 3.8) is 0 Å². The van der Waals surface area contributed by atoms with Gasteiger partial charge in [0.2, 0.25) is 0 Å². The van der Waals surface area contributed by atoms with Crippen LogP contribution in [0, 0.1) is 11.6 Å². The Morgan fingerprint density at radius 3 is 2.55 bits per heavy atom. The highest BCUT2D eigenvalue weighted by atomic mass is 79.9. The summed E-state index contributed by atoms with van der Waals surface area (Å²) >= 11 is 3.08. The normalized spacial score (nSPS) is 12.7. The van der Waals surface area contributed by atoms with Crippen molar-refractivity contribution in [2.45, 2.75) is 25.9 Å². The molecule has 2 rings (SSSR count). The standard InChI is InChI=1S/C13H15BrF2N4/c1-3-4-20-11(7-18-19-20)13(17-2)12-9(15)5-8(14)6-10(12)16/h5-7,13,17H,3-4H2,1-2H3. The Labute approximate surface area is 124 Å². The molecular weight excluding hydrogens is 330 g/mol. The van der Waals surface area contributed by atoms with E-state index in [4.69, 9.17) is 0 Å². The Morgan fingerprint density at radius 2 is 2.00 bits per heavy atom. The van der Waals surface area contributed by atoms with Crippen molar-refractivity contribution in [3.05, 3.63) is 45.7 Å².